The maximum atomic E-state index is 14.6. The van der Waals surface area contributed by atoms with Crippen LogP contribution in [-0.2, 0) is 62.4 Å². The molecule has 380 valence electrons. The standard InChI is InChI=1S/C49H65Cl2N3O15/c1-32(69-47(58)67-27-26-66-25-24-65-23-22-64-21-20-63-19-18-62-17-16-61-15-14-59-5)68-45(56)34-10-13-38(40(29-34)60-6)52-44(55)43-42(33-8-7-9-35(50)28-33)49(41(54-43)31-48(2,3)4)37-12-11-36(51)30-39(37)53-46(49)57/h7-13,28-30,32,41-43,54H,14-27,31H2,1-6H3,(H,52,55)(H,53,57)/t32?,41-,42+,43+,49+/m0/s1. The third-order valence-electron chi connectivity index (χ3n) is 11.1. The van der Waals surface area contributed by atoms with Crippen molar-refractivity contribution < 1.29 is 71.3 Å². The van der Waals surface area contributed by atoms with Crippen molar-refractivity contribution in [3.05, 3.63) is 87.4 Å². The van der Waals surface area contributed by atoms with Gasteiger partial charge in [0.05, 0.1) is 110 Å². The molecule has 0 aromatic heterocycles. The van der Waals surface area contributed by atoms with Crippen LogP contribution in [0.15, 0.2) is 60.7 Å². The molecule has 0 radical (unpaired) electrons. The van der Waals surface area contributed by atoms with Crippen molar-refractivity contribution in [3.8, 4) is 5.75 Å². The highest BCUT2D eigenvalue weighted by molar-refractivity contribution is 6.31. The third kappa shape index (κ3) is 16.2. The summed E-state index contributed by atoms with van der Waals surface area (Å²) in [6, 6.07) is 15.4. The first-order valence-corrected chi connectivity index (χ1v) is 23.5. The van der Waals surface area contributed by atoms with Gasteiger partial charge in [-0.2, -0.15) is 0 Å². The molecule has 1 saturated heterocycles. The van der Waals surface area contributed by atoms with Gasteiger partial charge in [-0.25, -0.2) is 9.59 Å². The van der Waals surface area contributed by atoms with Gasteiger partial charge < -0.3 is 68.1 Å². The van der Waals surface area contributed by atoms with Crippen LogP contribution in [0.1, 0.15) is 61.5 Å². The lowest BCUT2D eigenvalue weighted by molar-refractivity contribution is -0.122. The van der Waals surface area contributed by atoms with Gasteiger partial charge in [0, 0.05) is 41.7 Å². The van der Waals surface area contributed by atoms with E-state index in [9.17, 15) is 19.2 Å². The summed E-state index contributed by atoms with van der Waals surface area (Å²) in [5.41, 5.74) is 0.832. The SMILES string of the molecule is COCCOCCOCCOCCOCCOCCOCCOC(=O)OC(C)OC(=O)c1ccc(NC(=O)[C@@H]2N[C@@H](CC(C)(C)C)[C@@]3(C(=O)Nc4cc(Cl)ccc43)[C@@H]2c2cccc(Cl)c2)c(OC)c1. The topological polar surface area (TPSA) is 206 Å². The van der Waals surface area contributed by atoms with Gasteiger partial charge in [-0.3, -0.25) is 9.59 Å². The number of hydrogen-bond donors (Lipinski definition) is 3. The van der Waals surface area contributed by atoms with E-state index in [0.29, 0.717) is 100 Å². The second-order valence-corrected chi connectivity index (χ2v) is 18.1. The van der Waals surface area contributed by atoms with E-state index in [-0.39, 0.29) is 48.1 Å². The molecule has 1 spiro atoms. The molecule has 20 heteroatoms. The molecule has 3 aromatic rings. The molecule has 1 unspecified atom stereocenters. The van der Waals surface area contributed by atoms with Gasteiger partial charge in [-0.15, -0.1) is 0 Å². The van der Waals surface area contributed by atoms with Crippen LogP contribution >= 0.6 is 23.2 Å². The lowest BCUT2D eigenvalue weighted by Crippen LogP contribution is -2.49. The summed E-state index contributed by atoms with van der Waals surface area (Å²) < 4.78 is 58.5. The number of nitrogens with one attached hydrogen (secondary N) is 3. The number of rotatable bonds is 29. The molecule has 0 bridgehead atoms. The summed E-state index contributed by atoms with van der Waals surface area (Å²) in [4.78, 5) is 54.5. The first-order chi connectivity index (χ1) is 33.2. The van der Waals surface area contributed by atoms with E-state index < -0.39 is 47.7 Å². The summed E-state index contributed by atoms with van der Waals surface area (Å²) in [6.45, 7) is 12.9. The van der Waals surface area contributed by atoms with Gasteiger partial charge >= 0.3 is 12.1 Å². The number of esters is 1. The molecular weight excluding hydrogens is 941 g/mol. The number of benzene rings is 3. The number of carbonyl (C=O) groups excluding carboxylic acids is 4. The fourth-order valence-electron chi connectivity index (χ4n) is 8.19. The first-order valence-electron chi connectivity index (χ1n) is 22.8. The molecule has 5 rings (SSSR count). The number of hydrogen-bond acceptors (Lipinski definition) is 16. The lowest BCUT2D eigenvalue weighted by Gasteiger charge is -2.37. The van der Waals surface area contributed by atoms with Crippen LogP contribution in [-0.4, -0.2) is 149 Å². The van der Waals surface area contributed by atoms with E-state index in [2.05, 4.69) is 36.7 Å². The van der Waals surface area contributed by atoms with Crippen LogP contribution in [0.5, 0.6) is 5.75 Å². The monoisotopic (exact) mass is 1010 g/mol. The molecule has 0 saturated carbocycles. The van der Waals surface area contributed by atoms with Gasteiger partial charge in [-0.1, -0.05) is 62.2 Å². The zero-order valence-electron chi connectivity index (χ0n) is 40.1. The highest BCUT2D eigenvalue weighted by atomic mass is 35.5. The van der Waals surface area contributed by atoms with E-state index in [0.717, 1.165) is 5.56 Å². The van der Waals surface area contributed by atoms with E-state index in [1.807, 2.05) is 12.1 Å². The van der Waals surface area contributed by atoms with Crippen LogP contribution < -0.4 is 20.7 Å². The predicted octanol–water partition coefficient (Wildman–Crippen LogP) is 6.79. The van der Waals surface area contributed by atoms with E-state index in [1.165, 1.54) is 32.2 Å². The number of amides is 2. The van der Waals surface area contributed by atoms with Crippen LogP contribution in [0, 0.1) is 5.41 Å². The number of anilines is 2. The first kappa shape index (κ1) is 55.3. The van der Waals surface area contributed by atoms with Crippen molar-refractivity contribution in [2.45, 2.75) is 63.8 Å². The van der Waals surface area contributed by atoms with Gasteiger partial charge in [0.1, 0.15) is 17.8 Å². The van der Waals surface area contributed by atoms with Crippen molar-refractivity contribution in [1.29, 1.82) is 0 Å². The Morgan fingerprint density at radius 2 is 1.30 bits per heavy atom. The maximum Gasteiger partial charge on any atom is 0.511 e. The van der Waals surface area contributed by atoms with Gasteiger partial charge in [0.25, 0.3) is 0 Å². The lowest BCUT2D eigenvalue weighted by atomic mass is 9.62. The Kier molecular flexibility index (Phi) is 22.2. The molecular formula is C49H65Cl2N3O15. The molecule has 5 atom stereocenters. The summed E-state index contributed by atoms with van der Waals surface area (Å²) in [5, 5.41) is 10.5. The minimum absolute atomic E-state index is 0.0522. The molecule has 69 heavy (non-hydrogen) atoms. The molecule has 2 amide bonds. The average Bonchev–Trinajstić information content (AvgIpc) is 3.78. The van der Waals surface area contributed by atoms with Crippen LogP contribution in [0.3, 0.4) is 0 Å². The number of halogens is 2. The largest absolute Gasteiger partial charge is 0.511 e. The fraction of sp³-hybridized carbons (Fsp3) is 0.551. The molecule has 0 aliphatic carbocycles. The minimum Gasteiger partial charge on any atom is -0.495 e. The van der Waals surface area contributed by atoms with Crippen LogP contribution in [0.4, 0.5) is 16.2 Å². The maximum absolute atomic E-state index is 14.6. The van der Waals surface area contributed by atoms with E-state index in [4.69, 9.17) is 75.3 Å². The smallest absolute Gasteiger partial charge is 0.495 e. The van der Waals surface area contributed by atoms with Gasteiger partial charge in [0.15, 0.2) is 0 Å². The molecule has 2 aliphatic heterocycles. The van der Waals surface area contributed by atoms with Crippen LogP contribution in [0.25, 0.3) is 0 Å². The van der Waals surface area contributed by atoms with Crippen molar-refractivity contribution in [1.82, 2.24) is 5.32 Å². The minimum atomic E-state index is -1.31. The number of methoxy groups -OCH3 is 2. The predicted molar refractivity (Wildman–Crippen MR) is 256 cm³/mol. The zero-order chi connectivity index (χ0) is 49.8. The Hall–Kier alpha value is -4.60. The number of ether oxygens (including phenoxy) is 11. The zero-order valence-corrected chi connectivity index (χ0v) is 41.6. The van der Waals surface area contributed by atoms with Gasteiger partial charge in [0.2, 0.25) is 18.1 Å². The highest BCUT2D eigenvalue weighted by Gasteiger charge is 2.65. The highest BCUT2D eigenvalue weighted by Crippen LogP contribution is 2.57. The molecule has 18 nitrogen and oxygen atoms in total. The van der Waals surface area contributed by atoms with Crippen molar-refractivity contribution in [2.75, 3.05) is 117 Å². The molecule has 3 N–H and O–H groups in total. The third-order valence-corrected chi connectivity index (χ3v) is 11.6. The Morgan fingerprint density at radius 3 is 1.87 bits per heavy atom. The Labute approximate surface area is 413 Å². The quantitative estimate of drug-likeness (QED) is 0.0372. The summed E-state index contributed by atoms with van der Waals surface area (Å²) in [7, 11) is 3.01. The van der Waals surface area contributed by atoms with Crippen molar-refractivity contribution in [3.63, 3.8) is 0 Å². The summed E-state index contributed by atoms with van der Waals surface area (Å²) >= 11 is 12.9. The number of carbonyl (C=O) groups is 4. The van der Waals surface area contributed by atoms with Crippen LogP contribution in [0.2, 0.25) is 10.0 Å². The van der Waals surface area contributed by atoms with Crippen molar-refractivity contribution >= 4 is 58.5 Å². The fourth-order valence-corrected chi connectivity index (χ4v) is 8.57. The molecule has 3 aromatic carbocycles. The molecule has 2 heterocycles. The summed E-state index contributed by atoms with van der Waals surface area (Å²) in [5.74, 6) is -2.11. The molecule has 2 aliphatic rings. The van der Waals surface area contributed by atoms with Gasteiger partial charge in [-0.05, 0) is 65.4 Å². The summed E-state index contributed by atoms with van der Waals surface area (Å²) in [6.07, 6.45) is -1.84. The van der Waals surface area contributed by atoms with E-state index in [1.54, 1.807) is 37.4 Å². The number of fused-ring (bicyclic) bond motifs is 2. The normalized spacial score (nSPS) is 19.0. The van der Waals surface area contributed by atoms with Crippen molar-refractivity contribution in [2.24, 2.45) is 5.41 Å². The second-order valence-electron chi connectivity index (χ2n) is 17.3. The second kappa shape index (κ2) is 27.7. The Bertz CT molecular complexity index is 2140. The Balaban J connectivity index is 1.05. The Morgan fingerprint density at radius 1 is 0.725 bits per heavy atom. The van der Waals surface area contributed by atoms with E-state index >= 15 is 0 Å². The molecule has 1 fully saturated rings. The average molecular weight is 1010 g/mol.